The first-order valence-electron chi connectivity index (χ1n) is 6.21. The van der Waals surface area contributed by atoms with E-state index in [0.29, 0.717) is 5.56 Å². The van der Waals surface area contributed by atoms with E-state index in [1.165, 1.54) is 36.4 Å². The first kappa shape index (κ1) is 14.2. The lowest BCUT2D eigenvalue weighted by molar-refractivity contribution is -0.137. The summed E-state index contributed by atoms with van der Waals surface area (Å²) in [6.45, 7) is 0. The van der Waals surface area contributed by atoms with Crippen molar-refractivity contribution in [2.24, 2.45) is 0 Å². The number of alkyl halides is 3. The number of benzene rings is 2. The Bertz CT molecular complexity index is 794. The molecule has 2 aromatic carbocycles. The van der Waals surface area contributed by atoms with E-state index in [2.05, 4.69) is 10.1 Å². The van der Waals surface area contributed by atoms with Crippen molar-refractivity contribution in [1.82, 2.24) is 10.1 Å². The number of hydrogen-bond donors (Lipinski definition) is 0. The van der Waals surface area contributed by atoms with Crippen molar-refractivity contribution < 1.29 is 22.1 Å². The Kier molecular flexibility index (Phi) is 3.40. The van der Waals surface area contributed by atoms with Gasteiger partial charge in [-0.1, -0.05) is 11.2 Å². The zero-order valence-corrected chi connectivity index (χ0v) is 10.9. The summed E-state index contributed by atoms with van der Waals surface area (Å²) in [6.07, 6.45) is -4.45. The molecule has 7 heteroatoms. The minimum Gasteiger partial charge on any atom is -0.334 e. The van der Waals surface area contributed by atoms with Crippen LogP contribution < -0.4 is 0 Å². The van der Waals surface area contributed by atoms with Gasteiger partial charge in [-0.3, -0.25) is 0 Å². The second kappa shape index (κ2) is 5.25. The number of rotatable bonds is 2. The van der Waals surface area contributed by atoms with Gasteiger partial charge in [-0.2, -0.15) is 18.2 Å². The maximum Gasteiger partial charge on any atom is 0.416 e. The topological polar surface area (TPSA) is 38.9 Å². The van der Waals surface area contributed by atoms with E-state index in [1.807, 2.05) is 0 Å². The molecule has 0 spiro atoms. The summed E-state index contributed by atoms with van der Waals surface area (Å²) in [7, 11) is 0. The molecule has 3 nitrogen and oxygen atoms in total. The fourth-order valence-electron chi connectivity index (χ4n) is 1.89. The van der Waals surface area contributed by atoms with E-state index < -0.39 is 17.6 Å². The minimum atomic E-state index is -4.45. The molecular formula is C15H8F4N2O. The van der Waals surface area contributed by atoms with Crippen LogP contribution in [0, 0.1) is 5.82 Å². The van der Waals surface area contributed by atoms with Gasteiger partial charge in [0, 0.05) is 11.1 Å². The maximum atomic E-state index is 12.9. The van der Waals surface area contributed by atoms with Gasteiger partial charge < -0.3 is 4.52 Å². The summed E-state index contributed by atoms with van der Waals surface area (Å²) in [5, 5.41) is 3.69. The first-order chi connectivity index (χ1) is 10.4. The van der Waals surface area contributed by atoms with E-state index in [0.717, 1.165) is 12.1 Å². The molecule has 0 amide bonds. The molecule has 0 saturated heterocycles. The van der Waals surface area contributed by atoms with Crippen molar-refractivity contribution in [3.63, 3.8) is 0 Å². The zero-order valence-electron chi connectivity index (χ0n) is 10.9. The minimum absolute atomic E-state index is 0.0366. The van der Waals surface area contributed by atoms with Crippen LogP contribution in [0.3, 0.4) is 0 Å². The van der Waals surface area contributed by atoms with Crippen molar-refractivity contribution in [1.29, 1.82) is 0 Å². The second-order valence-corrected chi connectivity index (χ2v) is 4.51. The van der Waals surface area contributed by atoms with Gasteiger partial charge in [-0.15, -0.1) is 0 Å². The van der Waals surface area contributed by atoms with Crippen LogP contribution in [0.15, 0.2) is 53.1 Å². The lowest BCUT2D eigenvalue weighted by atomic mass is 10.1. The van der Waals surface area contributed by atoms with Crippen molar-refractivity contribution in [3.8, 4) is 22.8 Å². The summed E-state index contributed by atoms with van der Waals surface area (Å²) in [5.74, 6) is -0.275. The average molecular weight is 308 g/mol. The van der Waals surface area contributed by atoms with Crippen LogP contribution in [-0.2, 0) is 6.18 Å². The van der Waals surface area contributed by atoms with E-state index >= 15 is 0 Å². The third-order valence-corrected chi connectivity index (χ3v) is 2.97. The quantitative estimate of drug-likeness (QED) is 0.651. The molecule has 0 N–H and O–H groups in total. The van der Waals surface area contributed by atoms with Gasteiger partial charge in [0.05, 0.1) is 5.56 Å². The largest absolute Gasteiger partial charge is 0.416 e. The van der Waals surface area contributed by atoms with Crippen molar-refractivity contribution in [3.05, 3.63) is 59.9 Å². The van der Waals surface area contributed by atoms with Crippen LogP contribution in [0.25, 0.3) is 22.8 Å². The Morgan fingerprint density at radius 3 is 2.32 bits per heavy atom. The maximum absolute atomic E-state index is 12.9. The normalized spacial score (nSPS) is 11.6. The summed E-state index contributed by atoms with van der Waals surface area (Å²) in [4.78, 5) is 4.04. The summed E-state index contributed by atoms with van der Waals surface area (Å²) in [5.41, 5.74) is -0.134. The van der Waals surface area contributed by atoms with Crippen molar-refractivity contribution in [2.75, 3.05) is 0 Å². The smallest absolute Gasteiger partial charge is 0.334 e. The van der Waals surface area contributed by atoms with Gasteiger partial charge in [0.2, 0.25) is 5.82 Å². The Morgan fingerprint density at radius 2 is 1.64 bits per heavy atom. The third-order valence-electron chi connectivity index (χ3n) is 2.97. The number of aromatic nitrogens is 2. The van der Waals surface area contributed by atoms with Gasteiger partial charge in [0.15, 0.2) is 0 Å². The third kappa shape index (κ3) is 2.83. The Labute approximate surface area is 122 Å². The molecule has 1 aromatic heterocycles. The van der Waals surface area contributed by atoms with Gasteiger partial charge in [0.25, 0.3) is 5.89 Å². The number of hydrogen-bond acceptors (Lipinski definition) is 3. The molecule has 22 heavy (non-hydrogen) atoms. The van der Waals surface area contributed by atoms with E-state index in [1.54, 1.807) is 0 Å². The summed E-state index contributed by atoms with van der Waals surface area (Å²) < 4.78 is 55.9. The van der Waals surface area contributed by atoms with Crippen LogP contribution in [0.1, 0.15) is 5.56 Å². The van der Waals surface area contributed by atoms with Crippen molar-refractivity contribution >= 4 is 0 Å². The lowest BCUT2D eigenvalue weighted by Gasteiger charge is -2.06. The highest BCUT2D eigenvalue weighted by Crippen LogP contribution is 2.32. The molecular weight excluding hydrogens is 300 g/mol. The Morgan fingerprint density at radius 1 is 0.909 bits per heavy atom. The van der Waals surface area contributed by atoms with E-state index in [9.17, 15) is 17.6 Å². The molecule has 0 aliphatic carbocycles. The van der Waals surface area contributed by atoms with E-state index in [-0.39, 0.29) is 17.3 Å². The molecule has 112 valence electrons. The molecule has 1 heterocycles. The zero-order chi connectivity index (χ0) is 15.7. The molecule has 0 unspecified atom stereocenters. The molecule has 0 fully saturated rings. The molecule has 0 bridgehead atoms. The number of nitrogens with zero attached hydrogens (tertiary/aromatic N) is 2. The number of halogens is 4. The molecule has 0 atom stereocenters. The lowest BCUT2D eigenvalue weighted by Crippen LogP contribution is -2.04. The van der Waals surface area contributed by atoms with Crippen LogP contribution in [0.2, 0.25) is 0 Å². The van der Waals surface area contributed by atoms with Crippen LogP contribution in [0.5, 0.6) is 0 Å². The van der Waals surface area contributed by atoms with Crippen LogP contribution >= 0.6 is 0 Å². The van der Waals surface area contributed by atoms with E-state index in [4.69, 9.17) is 4.52 Å². The Hall–Kier alpha value is -2.70. The average Bonchev–Trinajstić information content (AvgIpc) is 2.97. The molecule has 0 radical (unpaired) electrons. The predicted octanol–water partition coefficient (Wildman–Crippen LogP) is 4.56. The van der Waals surface area contributed by atoms with Gasteiger partial charge in [-0.25, -0.2) is 4.39 Å². The molecule has 0 aliphatic heterocycles. The first-order valence-corrected chi connectivity index (χ1v) is 6.21. The SMILES string of the molecule is Fc1ccc(-c2noc(-c3cccc(C(F)(F)F)c3)n2)cc1. The molecule has 0 aliphatic rings. The molecule has 0 saturated carbocycles. The summed E-state index contributed by atoms with van der Waals surface area (Å²) in [6, 6.07) is 9.97. The molecule has 3 rings (SSSR count). The fraction of sp³-hybridized carbons (Fsp3) is 0.0667. The van der Waals surface area contributed by atoms with Gasteiger partial charge >= 0.3 is 6.18 Å². The highest BCUT2D eigenvalue weighted by molar-refractivity contribution is 5.60. The van der Waals surface area contributed by atoms with Crippen LogP contribution in [-0.4, -0.2) is 10.1 Å². The van der Waals surface area contributed by atoms with Gasteiger partial charge in [0.1, 0.15) is 5.82 Å². The highest BCUT2D eigenvalue weighted by Gasteiger charge is 2.30. The Balaban J connectivity index is 1.96. The van der Waals surface area contributed by atoms with Gasteiger partial charge in [-0.05, 0) is 42.5 Å². The standard InChI is InChI=1S/C15H8F4N2O/c16-12-6-4-9(5-7-12)13-20-14(22-21-13)10-2-1-3-11(8-10)15(17,18)19/h1-8H. The highest BCUT2D eigenvalue weighted by atomic mass is 19.4. The second-order valence-electron chi connectivity index (χ2n) is 4.51. The molecule has 3 aromatic rings. The summed E-state index contributed by atoms with van der Waals surface area (Å²) >= 11 is 0. The fourth-order valence-corrected chi connectivity index (χ4v) is 1.89. The van der Waals surface area contributed by atoms with Crippen molar-refractivity contribution in [2.45, 2.75) is 6.18 Å². The predicted molar refractivity (Wildman–Crippen MR) is 70.1 cm³/mol. The van der Waals surface area contributed by atoms with Crippen LogP contribution in [0.4, 0.5) is 17.6 Å². The monoisotopic (exact) mass is 308 g/mol.